The molecule has 3 N–H and O–H groups in total. The highest BCUT2D eigenvalue weighted by Crippen LogP contribution is 2.30. The van der Waals surface area contributed by atoms with Crippen LogP contribution >= 0.6 is 35.4 Å². The average molecular weight is 369 g/mol. The van der Waals surface area contributed by atoms with Gasteiger partial charge in [0.25, 0.3) is 5.56 Å². The van der Waals surface area contributed by atoms with E-state index in [9.17, 15) is 9.90 Å². The Morgan fingerprint density at radius 2 is 1.91 bits per heavy atom. The van der Waals surface area contributed by atoms with Gasteiger partial charge < -0.3 is 14.5 Å². The molecule has 8 heteroatoms. The predicted octanol–water partition coefficient (Wildman–Crippen LogP) is 4.30. The summed E-state index contributed by atoms with van der Waals surface area (Å²) < 4.78 is 5.77. The van der Waals surface area contributed by atoms with E-state index in [1.807, 2.05) is 0 Å². The maximum atomic E-state index is 11.8. The summed E-state index contributed by atoms with van der Waals surface area (Å²) in [6.45, 7) is 0. The first kappa shape index (κ1) is 15.9. The number of rotatable bonds is 3. The maximum Gasteiger partial charge on any atom is 0.259 e. The summed E-state index contributed by atoms with van der Waals surface area (Å²) in [6.07, 6.45) is 0.120. The van der Waals surface area contributed by atoms with E-state index in [4.69, 9.17) is 39.8 Å². The van der Waals surface area contributed by atoms with Gasteiger partial charge in [0.2, 0.25) is 0 Å². The molecule has 0 aliphatic carbocycles. The molecule has 0 aliphatic rings. The highest BCUT2D eigenvalue weighted by Gasteiger charge is 2.12. The second kappa shape index (κ2) is 6.23. The molecule has 5 nitrogen and oxygen atoms in total. The summed E-state index contributed by atoms with van der Waals surface area (Å²) in [5.41, 5.74) is 0.448. The van der Waals surface area contributed by atoms with E-state index in [-0.39, 0.29) is 22.6 Å². The third-order valence-electron chi connectivity index (χ3n) is 3.24. The lowest BCUT2D eigenvalue weighted by Crippen LogP contribution is -2.14. The van der Waals surface area contributed by atoms with Crippen LogP contribution in [0.1, 0.15) is 11.3 Å². The Morgan fingerprint density at radius 1 is 1.13 bits per heavy atom. The molecular formula is C15H10Cl2N2O3S. The number of hydrogen-bond acceptors (Lipinski definition) is 4. The number of aromatic amines is 2. The molecule has 1 aromatic carbocycles. The number of furan rings is 1. The lowest BCUT2D eigenvalue weighted by molar-refractivity contribution is 0.439. The molecule has 0 aliphatic heterocycles. The molecular weight excluding hydrogens is 359 g/mol. The summed E-state index contributed by atoms with van der Waals surface area (Å²) in [5.74, 6) is 0.821. The molecule has 3 aromatic rings. The minimum absolute atomic E-state index is 0.0622. The van der Waals surface area contributed by atoms with Crippen LogP contribution in [0.5, 0.6) is 5.88 Å². The van der Waals surface area contributed by atoms with Crippen molar-refractivity contribution in [2.45, 2.75) is 6.42 Å². The largest absolute Gasteiger partial charge is 0.494 e. The van der Waals surface area contributed by atoms with Crippen LogP contribution in [0.3, 0.4) is 0 Å². The minimum Gasteiger partial charge on any atom is -0.494 e. The SMILES string of the molecule is O=c1[nH]c(=S)[nH]c(O)c1Cc1ccc(-c2ccc(Cl)c(Cl)c2)o1. The zero-order valence-corrected chi connectivity index (χ0v) is 13.9. The molecule has 0 radical (unpaired) electrons. The van der Waals surface area contributed by atoms with Crippen molar-refractivity contribution < 1.29 is 9.52 Å². The van der Waals surface area contributed by atoms with E-state index >= 15 is 0 Å². The van der Waals surface area contributed by atoms with Gasteiger partial charge in [0.15, 0.2) is 10.7 Å². The van der Waals surface area contributed by atoms with Gasteiger partial charge in [-0.25, -0.2) is 0 Å². The summed E-state index contributed by atoms with van der Waals surface area (Å²) >= 11 is 16.7. The zero-order valence-electron chi connectivity index (χ0n) is 11.5. The van der Waals surface area contributed by atoms with Crippen LogP contribution < -0.4 is 5.56 Å². The van der Waals surface area contributed by atoms with Crippen LogP contribution in [0.25, 0.3) is 11.3 Å². The highest BCUT2D eigenvalue weighted by atomic mass is 35.5. The zero-order chi connectivity index (χ0) is 16.6. The van der Waals surface area contributed by atoms with E-state index in [1.165, 1.54) is 0 Å². The number of halogens is 2. The minimum atomic E-state index is -0.460. The molecule has 2 aromatic heterocycles. The van der Waals surface area contributed by atoms with Gasteiger partial charge >= 0.3 is 0 Å². The highest BCUT2D eigenvalue weighted by molar-refractivity contribution is 7.71. The van der Waals surface area contributed by atoms with Crippen molar-refractivity contribution >= 4 is 35.4 Å². The Bertz CT molecular complexity index is 991. The van der Waals surface area contributed by atoms with Crippen LogP contribution in [0.15, 0.2) is 39.5 Å². The first-order valence-corrected chi connectivity index (χ1v) is 7.69. The topological polar surface area (TPSA) is 82.0 Å². The third-order valence-corrected chi connectivity index (χ3v) is 4.18. The van der Waals surface area contributed by atoms with Gasteiger partial charge in [-0.2, -0.15) is 0 Å². The van der Waals surface area contributed by atoms with Crippen molar-refractivity contribution in [2.24, 2.45) is 0 Å². The van der Waals surface area contributed by atoms with Crippen molar-refractivity contribution in [3.8, 4) is 17.2 Å². The first-order chi connectivity index (χ1) is 10.9. The van der Waals surface area contributed by atoms with E-state index in [0.717, 1.165) is 5.56 Å². The summed E-state index contributed by atoms with van der Waals surface area (Å²) in [4.78, 5) is 16.8. The van der Waals surface area contributed by atoms with Gasteiger partial charge in [-0.3, -0.25) is 9.78 Å². The summed E-state index contributed by atoms with van der Waals surface area (Å²) in [7, 11) is 0. The molecule has 23 heavy (non-hydrogen) atoms. The lowest BCUT2D eigenvalue weighted by Gasteiger charge is -2.02. The molecule has 0 saturated heterocycles. The fourth-order valence-corrected chi connectivity index (χ4v) is 2.60. The number of benzene rings is 1. The van der Waals surface area contributed by atoms with E-state index in [2.05, 4.69) is 9.97 Å². The van der Waals surface area contributed by atoms with Crippen LogP contribution in [0, 0.1) is 4.77 Å². The van der Waals surface area contributed by atoms with Crippen molar-refractivity contribution in [3.05, 3.63) is 66.8 Å². The summed E-state index contributed by atoms with van der Waals surface area (Å²) in [5, 5.41) is 10.7. The fraction of sp³-hybridized carbons (Fsp3) is 0.0667. The predicted molar refractivity (Wildman–Crippen MR) is 90.9 cm³/mol. The number of hydrogen-bond donors (Lipinski definition) is 3. The van der Waals surface area contributed by atoms with Crippen LogP contribution in [0.2, 0.25) is 10.0 Å². The van der Waals surface area contributed by atoms with E-state index in [0.29, 0.717) is 21.6 Å². The second-order valence-electron chi connectivity index (χ2n) is 4.81. The van der Waals surface area contributed by atoms with Gasteiger partial charge in [-0.15, -0.1) is 0 Å². The summed E-state index contributed by atoms with van der Waals surface area (Å²) in [6, 6.07) is 8.62. The van der Waals surface area contributed by atoms with Crippen molar-refractivity contribution in [2.75, 3.05) is 0 Å². The van der Waals surface area contributed by atoms with Crippen molar-refractivity contribution in [1.82, 2.24) is 9.97 Å². The van der Waals surface area contributed by atoms with Crippen molar-refractivity contribution in [3.63, 3.8) is 0 Å². The molecule has 2 heterocycles. The maximum absolute atomic E-state index is 11.8. The van der Waals surface area contributed by atoms with Gasteiger partial charge in [-0.1, -0.05) is 23.2 Å². The second-order valence-corrected chi connectivity index (χ2v) is 6.03. The normalized spacial score (nSPS) is 10.9. The molecule has 3 rings (SSSR count). The Kier molecular flexibility index (Phi) is 4.30. The molecule has 118 valence electrons. The Balaban J connectivity index is 1.92. The number of aromatic nitrogens is 2. The quantitative estimate of drug-likeness (QED) is 0.602. The monoisotopic (exact) mass is 368 g/mol. The van der Waals surface area contributed by atoms with Crippen LogP contribution in [-0.2, 0) is 6.42 Å². The first-order valence-electron chi connectivity index (χ1n) is 6.52. The molecule has 0 spiro atoms. The van der Waals surface area contributed by atoms with E-state index < -0.39 is 5.56 Å². The van der Waals surface area contributed by atoms with Crippen LogP contribution in [-0.4, -0.2) is 15.1 Å². The van der Waals surface area contributed by atoms with Gasteiger partial charge in [-0.05, 0) is 42.5 Å². The smallest absolute Gasteiger partial charge is 0.259 e. The Morgan fingerprint density at radius 3 is 2.61 bits per heavy atom. The van der Waals surface area contributed by atoms with Crippen molar-refractivity contribution in [1.29, 1.82) is 0 Å². The molecule has 0 fully saturated rings. The number of nitrogens with one attached hydrogen (secondary N) is 2. The molecule has 0 amide bonds. The third kappa shape index (κ3) is 3.34. The molecule has 0 atom stereocenters. The lowest BCUT2D eigenvalue weighted by atomic mass is 10.2. The Hall–Kier alpha value is -2.02. The van der Waals surface area contributed by atoms with Gasteiger partial charge in [0.05, 0.1) is 15.6 Å². The molecule has 0 saturated carbocycles. The fourth-order valence-electron chi connectivity index (χ4n) is 2.12. The number of H-pyrrole nitrogens is 2. The number of aromatic hydroxyl groups is 1. The van der Waals surface area contributed by atoms with Crippen LogP contribution in [0.4, 0.5) is 0 Å². The van der Waals surface area contributed by atoms with E-state index in [1.54, 1.807) is 30.3 Å². The molecule has 0 bridgehead atoms. The molecule has 0 unspecified atom stereocenters. The standard InChI is InChI=1S/C15H10Cl2N2O3S/c16-10-3-1-7(5-11(10)17)12-4-2-8(22-12)6-9-13(20)18-15(23)19-14(9)21/h1-5H,6H2,(H3,18,19,20,21,23). The Labute approximate surface area is 145 Å². The van der Waals surface area contributed by atoms with Gasteiger partial charge in [0, 0.05) is 12.0 Å². The average Bonchev–Trinajstić information content (AvgIpc) is 2.94. The van der Waals surface area contributed by atoms with Gasteiger partial charge in [0.1, 0.15) is 11.5 Å².